The van der Waals surface area contributed by atoms with Gasteiger partial charge in [0.25, 0.3) is 5.91 Å². The summed E-state index contributed by atoms with van der Waals surface area (Å²) in [5, 5.41) is 25.8. The number of hydrogen-bond donors (Lipinski definition) is 3. The smallest absolute Gasteiger partial charge is 0.328 e. The van der Waals surface area contributed by atoms with Crippen molar-refractivity contribution in [2.75, 3.05) is 47.5 Å². The summed E-state index contributed by atoms with van der Waals surface area (Å²) in [6.07, 6.45) is 3.40. The van der Waals surface area contributed by atoms with E-state index in [0.29, 0.717) is 42.5 Å². The number of methoxy groups -OCH3 is 3. The molecule has 2 aromatic rings. The molecule has 1 atom stereocenters. The summed E-state index contributed by atoms with van der Waals surface area (Å²) >= 11 is 0. The van der Waals surface area contributed by atoms with E-state index in [9.17, 15) is 19.5 Å². The molecule has 3 N–H and O–H groups in total. The minimum absolute atomic E-state index is 0.0697. The Morgan fingerprint density at radius 1 is 0.900 bits per heavy atom. The van der Waals surface area contributed by atoms with Gasteiger partial charge in [0.15, 0.2) is 11.5 Å². The maximum atomic E-state index is 13.1. The zero-order valence-electron chi connectivity index (χ0n) is 23.0. The van der Waals surface area contributed by atoms with E-state index in [-0.39, 0.29) is 5.91 Å². The number of nitrogens with zero attached hydrogens (tertiary/aromatic N) is 2. The fourth-order valence-electron chi connectivity index (χ4n) is 4.84. The van der Waals surface area contributed by atoms with Gasteiger partial charge >= 0.3 is 11.9 Å². The summed E-state index contributed by atoms with van der Waals surface area (Å²) in [4.78, 5) is 36.4. The lowest BCUT2D eigenvalue weighted by molar-refractivity contribution is -0.134. The van der Waals surface area contributed by atoms with Crippen LogP contribution in [0.5, 0.6) is 17.2 Å². The molecule has 0 radical (unpaired) electrons. The van der Waals surface area contributed by atoms with Gasteiger partial charge in [0.05, 0.1) is 27.4 Å². The Kier molecular flexibility index (Phi) is 10.9. The van der Waals surface area contributed by atoms with Crippen molar-refractivity contribution in [3.8, 4) is 17.2 Å². The average Bonchev–Trinajstić information content (AvgIpc) is 2.95. The van der Waals surface area contributed by atoms with Gasteiger partial charge in [-0.1, -0.05) is 6.07 Å². The lowest BCUT2D eigenvalue weighted by atomic mass is 9.88. The van der Waals surface area contributed by atoms with Crippen molar-refractivity contribution >= 4 is 17.8 Å². The highest BCUT2D eigenvalue weighted by Gasteiger charge is 2.25. The summed E-state index contributed by atoms with van der Waals surface area (Å²) in [7, 11) is 4.83. The molecular formula is C29H36N2O9. The monoisotopic (exact) mass is 556 g/mol. The number of carbonyl (C=O) groups excluding carboxylic acids is 1. The largest absolute Gasteiger partial charge is 0.493 e. The Morgan fingerprint density at radius 2 is 1.50 bits per heavy atom. The number of piperazine rings is 1. The van der Waals surface area contributed by atoms with Crippen LogP contribution in [0, 0.1) is 0 Å². The Labute approximate surface area is 233 Å². The Hall–Kier alpha value is -4.09. The number of hydrogen-bond acceptors (Lipinski definition) is 8. The third-order valence-electron chi connectivity index (χ3n) is 6.83. The number of fused-ring (bicyclic) bond motifs is 1. The van der Waals surface area contributed by atoms with E-state index in [1.807, 2.05) is 35.2 Å². The van der Waals surface area contributed by atoms with Gasteiger partial charge in [-0.3, -0.25) is 9.69 Å². The molecule has 1 aliphatic carbocycles. The number of aliphatic hydroxyl groups excluding tert-OH is 1. The van der Waals surface area contributed by atoms with Crippen LogP contribution in [0.4, 0.5) is 0 Å². The second kappa shape index (κ2) is 14.3. The molecule has 1 saturated heterocycles. The molecule has 0 spiro atoms. The lowest BCUT2D eigenvalue weighted by Gasteiger charge is -2.35. The number of carboxylic acids is 2. The van der Waals surface area contributed by atoms with Crippen LogP contribution in [0.25, 0.3) is 0 Å². The highest BCUT2D eigenvalue weighted by atomic mass is 16.5. The topological polar surface area (TPSA) is 146 Å². The third kappa shape index (κ3) is 7.96. The number of amides is 1. The highest BCUT2D eigenvalue weighted by molar-refractivity contribution is 5.94. The molecule has 1 unspecified atom stereocenters. The molecule has 1 fully saturated rings. The van der Waals surface area contributed by atoms with Crippen LogP contribution >= 0.6 is 0 Å². The molecule has 40 heavy (non-hydrogen) atoms. The van der Waals surface area contributed by atoms with Gasteiger partial charge in [-0.25, -0.2) is 9.59 Å². The Morgan fingerprint density at radius 3 is 2.02 bits per heavy atom. The van der Waals surface area contributed by atoms with Gasteiger partial charge in [0.2, 0.25) is 5.75 Å². The van der Waals surface area contributed by atoms with Crippen LogP contribution in [-0.2, 0) is 22.6 Å². The molecule has 1 heterocycles. The number of aryl methyl sites for hydroxylation is 1. The van der Waals surface area contributed by atoms with E-state index >= 15 is 0 Å². The molecule has 216 valence electrons. The number of aliphatic carboxylic acids is 2. The molecule has 4 rings (SSSR count). The van der Waals surface area contributed by atoms with Crippen molar-refractivity contribution in [3.05, 3.63) is 64.7 Å². The predicted molar refractivity (Wildman–Crippen MR) is 146 cm³/mol. The first kappa shape index (κ1) is 30.5. The van der Waals surface area contributed by atoms with Crippen LogP contribution < -0.4 is 14.2 Å². The molecule has 1 aliphatic heterocycles. The summed E-state index contributed by atoms with van der Waals surface area (Å²) in [5.41, 5.74) is 3.88. The number of carbonyl (C=O) groups is 3. The first-order chi connectivity index (χ1) is 19.2. The number of benzene rings is 2. The van der Waals surface area contributed by atoms with Crippen molar-refractivity contribution < 1.29 is 43.9 Å². The first-order valence-corrected chi connectivity index (χ1v) is 12.9. The Balaban J connectivity index is 0.000000482. The maximum Gasteiger partial charge on any atom is 0.328 e. The van der Waals surface area contributed by atoms with Crippen molar-refractivity contribution in [2.45, 2.75) is 31.9 Å². The van der Waals surface area contributed by atoms with Gasteiger partial charge in [0.1, 0.15) is 0 Å². The molecule has 1 amide bonds. The van der Waals surface area contributed by atoms with Gasteiger partial charge in [-0.15, -0.1) is 0 Å². The van der Waals surface area contributed by atoms with Crippen LogP contribution in [0.1, 0.15) is 46.0 Å². The minimum Gasteiger partial charge on any atom is -0.493 e. The van der Waals surface area contributed by atoms with Crippen molar-refractivity contribution in [3.63, 3.8) is 0 Å². The summed E-state index contributed by atoms with van der Waals surface area (Å²) in [6.45, 7) is 3.71. The number of rotatable bonds is 8. The van der Waals surface area contributed by atoms with Crippen LogP contribution in [0.15, 0.2) is 42.5 Å². The van der Waals surface area contributed by atoms with Crippen LogP contribution in [-0.4, -0.2) is 90.5 Å². The number of ether oxygens (including phenoxy) is 3. The quantitative estimate of drug-likeness (QED) is 0.415. The van der Waals surface area contributed by atoms with Gasteiger partial charge in [0, 0.05) is 50.4 Å². The average molecular weight is 557 g/mol. The lowest BCUT2D eigenvalue weighted by Crippen LogP contribution is -2.48. The van der Waals surface area contributed by atoms with Gasteiger partial charge in [-0.05, 0) is 60.2 Å². The molecule has 0 aromatic heterocycles. The zero-order chi connectivity index (χ0) is 29.2. The van der Waals surface area contributed by atoms with Crippen molar-refractivity contribution in [1.29, 1.82) is 0 Å². The summed E-state index contributed by atoms with van der Waals surface area (Å²) in [6, 6.07) is 9.70. The van der Waals surface area contributed by atoms with E-state index in [4.69, 9.17) is 24.4 Å². The second-order valence-corrected chi connectivity index (χ2v) is 9.43. The summed E-state index contributed by atoms with van der Waals surface area (Å²) in [5.74, 6) is -0.562. The van der Waals surface area contributed by atoms with Crippen LogP contribution in [0.2, 0.25) is 0 Å². The van der Waals surface area contributed by atoms with E-state index < -0.39 is 18.0 Å². The molecule has 11 heteroatoms. The van der Waals surface area contributed by atoms with E-state index in [0.717, 1.165) is 61.2 Å². The van der Waals surface area contributed by atoms with E-state index in [1.165, 1.54) is 0 Å². The second-order valence-electron chi connectivity index (χ2n) is 9.43. The summed E-state index contributed by atoms with van der Waals surface area (Å²) < 4.78 is 16.3. The Bertz CT molecular complexity index is 1200. The molecule has 2 aliphatic rings. The number of carboxylic acid groups (broad SMARTS) is 2. The standard InChI is InChI=1S/C25H32N2O5.C4H4O4/c1-30-22-13-17(14-23(31-2)24(22)32-3)16-26-9-11-27(12-10-26)25(29)19-7-8-20-18(15-19)5-4-6-21(20)28;5-3(6)1-2-4(7)8/h7-8,13-15,21,28H,4-6,9-12,16H2,1-3H3;1-2H,(H,5,6)(H,7,8). The molecule has 2 aromatic carbocycles. The normalized spacial score (nSPS) is 16.9. The van der Waals surface area contributed by atoms with E-state index in [2.05, 4.69) is 4.90 Å². The van der Waals surface area contributed by atoms with E-state index in [1.54, 1.807) is 21.3 Å². The third-order valence-corrected chi connectivity index (χ3v) is 6.83. The minimum atomic E-state index is -1.26. The molecular weight excluding hydrogens is 520 g/mol. The van der Waals surface area contributed by atoms with Crippen LogP contribution in [0.3, 0.4) is 0 Å². The molecule has 11 nitrogen and oxygen atoms in total. The maximum absolute atomic E-state index is 13.1. The fourth-order valence-corrected chi connectivity index (χ4v) is 4.84. The van der Waals surface area contributed by atoms with Crippen molar-refractivity contribution in [1.82, 2.24) is 9.80 Å². The predicted octanol–water partition coefficient (Wildman–Crippen LogP) is 2.75. The number of aliphatic hydroxyl groups is 1. The van der Waals surface area contributed by atoms with Crippen molar-refractivity contribution in [2.24, 2.45) is 0 Å². The zero-order valence-corrected chi connectivity index (χ0v) is 23.0. The fraction of sp³-hybridized carbons (Fsp3) is 0.414. The SMILES string of the molecule is COc1cc(CN2CCN(C(=O)c3ccc4c(c3)CCCC4O)CC2)cc(OC)c1OC.O=C(O)C=CC(=O)O. The first-order valence-electron chi connectivity index (χ1n) is 12.9. The molecule has 0 bridgehead atoms. The molecule has 0 saturated carbocycles. The van der Waals surface area contributed by atoms with Gasteiger partial charge in [-0.2, -0.15) is 0 Å². The highest BCUT2D eigenvalue weighted by Crippen LogP contribution is 2.38. The van der Waals surface area contributed by atoms with Gasteiger partial charge < -0.3 is 34.4 Å².